The maximum Gasteiger partial charge on any atom is 0.307 e. The molecular formula is C18H22FN3O2. The Balaban J connectivity index is 1.53. The van der Waals surface area contributed by atoms with Crippen LogP contribution in [0, 0.1) is 5.82 Å². The second kappa shape index (κ2) is 7.57. The molecule has 2 heterocycles. The molecule has 1 aromatic carbocycles. The minimum absolute atomic E-state index is 0.111. The lowest BCUT2D eigenvalue weighted by atomic mass is 9.98. The van der Waals surface area contributed by atoms with Crippen LogP contribution in [0.1, 0.15) is 29.9 Å². The van der Waals surface area contributed by atoms with E-state index >= 15 is 0 Å². The zero-order valence-electron chi connectivity index (χ0n) is 13.8. The van der Waals surface area contributed by atoms with Crippen LogP contribution in [0.5, 0.6) is 0 Å². The third-order valence-corrected chi connectivity index (χ3v) is 4.48. The zero-order chi connectivity index (χ0) is 16.9. The molecule has 128 valence electrons. The summed E-state index contributed by atoms with van der Waals surface area (Å²) in [5, 5.41) is 4.28. The fraction of sp³-hybridized carbons (Fsp3) is 0.444. The summed E-state index contributed by atoms with van der Waals surface area (Å²) in [6.45, 7) is 3.12. The van der Waals surface area contributed by atoms with Gasteiger partial charge in [-0.3, -0.25) is 14.4 Å². The second-order valence-electron chi connectivity index (χ2n) is 6.18. The summed E-state index contributed by atoms with van der Waals surface area (Å²) >= 11 is 0. The molecule has 0 spiro atoms. The van der Waals surface area contributed by atoms with Crippen molar-refractivity contribution in [3.05, 3.63) is 53.6 Å². The summed E-state index contributed by atoms with van der Waals surface area (Å²) in [7, 11) is 1.39. The quantitative estimate of drug-likeness (QED) is 0.763. The van der Waals surface area contributed by atoms with E-state index in [1.807, 2.05) is 24.5 Å². The number of benzene rings is 1. The number of nitrogens with zero attached hydrogens (tertiary/aromatic N) is 3. The Bertz CT molecular complexity index is 701. The molecule has 0 radical (unpaired) electrons. The first kappa shape index (κ1) is 16.6. The Morgan fingerprint density at radius 1 is 1.42 bits per heavy atom. The standard InChI is InChI=1S/C18H22FN3O2/c1-24-18(23)7-9-22-12-14(10-20-22)11-21-8-6-15(13-21)16-4-2-3-5-17(16)19/h2-5,10,12,15H,6-9,11,13H2,1H3/t15-/m1/s1. The van der Waals surface area contributed by atoms with Gasteiger partial charge in [-0.05, 0) is 24.6 Å². The number of aryl methyl sites for hydroxylation is 1. The Kier molecular flexibility index (Phi) is 5.25. The van der Waals surface area contributed by atoms with Gasteiger partial charge < -0.3 is 4.74 Å². The number of likely N-dealkylation sites (tertiary alicyclic amines) is 1. The average molecular weight is 331 g/mol. The van der Waals surface area contributed by atoms with Crippen molar-refractivity contribution in [2.45, 2.75) is 31.8 Å². The van der Waals surface area contributed by atoms with Gasteiger partial charge in [0.15, 0.2) is 0 Å². The summed E-state index contributed by atoms with van der Waals surface area (Å²) in [5.41, 5.74) is 1.92. The van der Waals surface area contributed by atoms with Gasteiger partial charge in [0, 0.05) is 30.8 Å². The minimum Gasteiger partial charge on any atom is -0.469 e. The Morgan fingerprint density at radius 2 is 2.25 bits per heavy atom. The number of ether oxygens (including phenoxy) is 1. The number of carbonyl (C=O) groups excluding carboxylic acids is 1. The lowest BCUT2D eigenvalue weighted by molar-refractivity contribution is -0.140. The number of carbonyl (C=O) groups is 1. The summed E-state index contributed by atoms with van der Waals surface area (Å²) < 4.78 is 20.3. The maximum atomic E-state index is 13.9. The van der Waals surface area contributed by atoms with E-state index in [0.717, 1.165) is 37.2 Å². The predicted octanol–water partition coefficient (Wildman–Crippen LogP) is 2.57. The van der Waals surface area contributed by atoms with Gasteiger partial charge in [0.25, 0.3) is 0 Å². The van der Waals surface area contributed by atoms with E-state index < -0.39 is 0 Å². The molecular weight excluding hydrogens is 309 g/mol. The zero-order valence-corrected chi connectivity index (χ0v) is 13.8. The summed E-state index contributed by atoms with van der Waals surface area (Å²) in [4.78, 5) is 13.5. The summed E-state index contributed by atoms with van der Waals surface area (Å²) in [6, 6.07) is 7.04. The highest BCUT2D eigenvalue weighted by atomic mass is 19.1. The second-order valence-corrected chi connectivity index (χ2v) is 6.18. The van der Waals surface area contributed by atoms with Gasteiger partial charge in [-0.15, -0.1) is 0 Å². The van der Waals surface area contributed by atoms with Gasteiger partial charge >= 0.3 is 5.97 Å². The molecule has 1 fully saturated rings. The summed E-state index contributed by atoms with van der Waals surface area (Å²) in [6.07, 6.45) is 5.07. The lowest BCUT2D eigenvalue weighted by Crippen LogP contribution is -2.19. The molecule has 1 atom stereocenters. The highest BCUT2D eigenvalue weighted by Crippen LogP contribution is 2.29. The molecule has 0 N–H and O–H groups in total. The summed E-state index contributed by atoms with van der Waals surface area (Å²) in [5.74, 6) is -0.0973. The van der Waals surface area contributed by atoms with Crippen LogP contribution in [-0.2, 0) is 22.6 Å². The van der Waals surface area contributed by atoms with Gasteiger partial charge in [-0.25, -0.2) is 4.39 Å². The van der Waals surface area contributed by atoms with Crippen molar-refractivity contribution >= 4 is 5.97 Å². The van der Waals surface area contributed by atoms with E-state index in [4.69, 9.17) is 0 Å². The van der Waals surface area contributed by atoms with Crippen molar-refractivity contribution in [1.29, 1.82) is 0 Å². The highest BCUT2D eigenvalue weighted by Gasteiger charge is 2.25. The molecule has 0 unspecified atom stereocenters. The molecule has 1 aliphatic rings. The van der Waals surface area contributed by atoms with Gasteiger partial charge in [-0.1, -0.05) is 18.2 Å². The first-order chi connectivity index (χ1) is 11.7. The number of rotatable bonds is 6. The van der Waals surface area contributed by atoms with Crippen molar-refractivity contribution in [2.75, 3.05) is 20.2 Å². The van der Waals surface area contributed by atoms with Gasteiger partial charge in [0.1, 0.15) is 5.82 Å². The van der Waals surface area contributed by atoms with Crippen molar-refractivity contribution in [3.63, 3.8) is 0 Å². The molecule has 6 heteroatoms. The number of hydrogen-bond donors (Lipinski definition) is 0. The van der Waals surface area contributed by atoms with E-state index in [0.29, 0.717) is 13.0 Å². The average Bonchev–Trinajstić information content (AvgIpc) is 3.23. The first-order valence-corrected chi connectivity index (χ1v) is 8.20. The van der Waals surface area contributed by atoms with Crippen LogP contribution in [0.2, 0.25) is 0 Å². The van der Waals surface area contributed by atoms with Crippen LogP contribution >= 0.6 is 0 Å². The van der Waals surface area contributed by atoms with E-state index in [9.17, 15) is 9.18 Å². The number of esters is 1. The largest absolute Gasteiger partial charge is 0.469 e. The highest BCUT2D eigenvalue weighted by molar-refractivity contribution is 5.68. The number of hydrogen-bond acceptors (Lipinski definition) is 4. The maximum absolute atomic E-state index is 13.9. The molecule has 1 saturated heterocycles. The molecule has 3 rings (SSSR count). The van der Waals surface area contributed by atoms with Crippen LogP contribution in [-0.4, -0.2) is 40.8 Å². The topological polar surface area (TPSA) is 47.4 Å². The smallest absolute Gasteiger partial charge is 0.307 e. The first-order valence-electron chi connectivity index (χ1n) is 8.20. The number of aromatic nitrogens is 2. The molecule has 0 bridgehead atoms. The SMILES string of the molecule is COC(=O)CCn1cc(CN2CC[C@@H](c3ccccc3F)C2)cn1. The Hall–Kier alpha value is -2.21. The van der Waals surface area contributed by atoms with Crippen molar-refractivity contribution in [3.8, 4) is 0 Å². The minimum atomic E-state index is -0.237. The van der Waals surface area contributed by atoms with Gasteiger partial charge in [0.05, 0.1) is 26.3 Å². The van der Waals surface area contributed by atoms with E-state index in [1.54, 1.807) is 10.7 Å². The monoisotopic (exact) mass is 331 g/mol. The molecule has 0 amide bonds. The third-order valence-electron chi connectivity index (χ3n) is 4.48. The normalized spacial score (nSPS) is 18.0. The van der Waals surface area contributed by atoms with Crippen molar-refractivity contribution < 1.29 is 13.9 Å². The molecule has 1 aromatic heterocycles. The van der Waals surface area contributed by atoms with E-state index in [-0.39, 0.29) is 17.7 Å². The third kappa shape index (κ3) is 4.00. The Labute approximate surface area is 141 Å². The molecule has 0 saturated carbocycles. The molecule has 0 aliphatic carbocycles. The van der Waals surface area contributed by atoms with Gasteiger partial charge in [-0.2, -0.15) is 5.10 Å². The lowest BCUT2D eigenvalue weighted by Gasteiger charge is -2.15. The molecule has 24 heavy (non-hydrogen) atoms. The van der Waals surface area contributed by atoms with Gasteiger partial charge in [0.2, 0.25) is 0 Å². The van der Waals surface area contributed by atoms with Crippen LogP contribution in [0.3, 0.4) is 0 Å². The number of halogens is 1. The van der Waals surface area contributed by atoms with Crippen LogP contribution in [0.15, 0.2) is 36.7 Å². The predicted molar refractivity (Wildman–Crippen MR) is 87.9 cm³/mol. The van der Waals surface area contributed by atoms with Crippen molar-refractivity contribution in [1.82, 2.24) is 14.7 Å². The van der Waals surface area contributed by atoms with Crippen molar-refractivity contribution in [2.24, 2.45) is 0 Å². The van der Waals surface area contributed by atoms with Crippen LogP contribution in [0.4, 0.5) is 4.39 Å². The Morgan fingerprint density at radius 3 is 3.04 bits per heavy atom. The molecule has 2 aromatic rings. The molecule has 5 nitrogen and oxygen atoms in total. The van der Waals surface area contributed by atoms with E-state index in [2.05, 4.69) is 14.7 Å². The number of methoxy groups -OCH3 is 1. The van der Waals surface area contributed by atoms with Crippen LogP contribution in [0.25, 0.3) is 0 Å². The molecule has 1 aliphatic heterocycles. The fourth-order valence-corrected chi connectivity index (χ4v) is 3.21. The van der Waals surface area contributed by atoms with Crippen LogP contribution < -0.4 is 0 Å². The van der Waals surface area contributed by atoms with E-state index in [1.165, 1.54) is 13.2 Å². The fourth-order valence-electron chi connectivity index (χ4n) is 3.21.